The number of nitrogens with zero attached hydrogens (tertiary/aromatic N) is 3. The lowest BCUT2D eigenvalue weighted by Crippen LogP contribution is -2.02. The van der Waals surface area contributed by atoms with Gasteiger partial charge in [0, 0.05) is 18.0 Å². The Morgan fingerprint density at radius 2 is 2.20 bits per heavy atom. The van der Waals surface area contributed by atoms with Gasteiger partial charge in [-0.15, -0.1) is 0 Å². The number of nitro groups is 1. The highest BCUT2D eigenvalue weighted by atomic mass is 16.6. The molecule has 2 rings (SSSR count). The molecule has 0 saturated carbocycles. The molecule has 0 aliphatic carbocycles. The molecule has 0 N–H and O–H groups in total. The van der Waals surface area contributed by atoms with Crippen molar-refractivity contribution in [2.75, 3.05) is 0 Å². The second kappa shape index (κ2) is 3.53. The Morgan fingerprint density at radius 3 is 2.80 bits per heavy atom. The first-order chi connectivity index (χ1) is 7.20. The highest BCUT2D eigenvalue weighted by Crippen LogP contribution is 2.25. The molecule has 5 nitrogen and oxygen atoms in total. The number of rotatable bonds is 2. The molecule has 0 fully saturated rings. The first kappa shape index (κ1) is 9.39. The van der Waals surface area contributed by atoms with Gasteiger partial charge in [-0.1, -0.05) is 12.1 Å². The normalized spacial score (nSPS) is 10.2. The number of aryl methyl sites for hydroxylation is 1. The maximum Gasteiger partial charge on any atom is 0.297 e. The zero-order chi connectivity index (χ0) is 10.8. The van der Waals surface area contributed by atoms with Crippen LogP contribution in [0.4, 0.5) is 5.69 Å². The van der Waals surface area contributed by atoms with E-state index in [1.54, 1.807) is 43.6 Å². The third-order valence-corrected chi connectivity index (χ3v) is 2.15. The van der Waals surface area contributed by atoms with Crippen LogP contribution in [-0.4, -0.2) is 14.7 Å². The zero-order valence-electron chi connectivity index (χ0n) is 8.12. The largest absolute Gasteiger partial charge is 0.297 e. The van der Waals surface area contributed by atoms with Crippen molar-refractivity contribution in [2.24, 2.45) is 0 Å². The SMILES string of the molecule is Cc1cccc(-n2cccn2)c1[N+](=O)[O-]. The van der Waals surface area contributed by atoms with Crippen molar-refractivity contribution in [1.29, 1.82) is 0 Å². The number of hydrogen-bond acceptors (Lipinski definition) is 3. The van der Waals surface area contributed by atoms with E-state index in [0.717, 1.165) is 0 Å². The van der Waals surface area contributed by atoms with Gasteiger partial charge in [0.05, 0.1) is 4.92 Å². The van der Waals surface area contributed by atoms with Crippen molar-refractivity contribution in [3.05, 3.63) is 52.3 Å². The number of nitro benzene ring substituents is 1. The van der Waals surface area contributed by atoms with E-state index in [0.29, 0.717) is 11.3 Å². The molecule has 0 saturated heterocycles. The fraction of sp³-hybridized carbons (Fsp3) is 0.100. The number of hydrogen-bond donors (Lipinski definition) is 0. The Balaban J connectivity index is 2.66. The van der Waals surface area contributed by atoms with Crippen molar-refractivity contribution in [3.8, 4) is 5.69 Å². The van der Waals surface area contributed by atoms with Gasteiger partial charge in [-0.05, 0) is 19.1 Å². The van der Waals surface area contributed by atoms with Crippen LogP contribution in [0.2, 0.25) is 0 Å². The quantitative estimate of drug-likeness (QED) is 0.554. The van der Waals surface area contributed by atoms with Gasteiger partial charge in [-0.3, -0.25) is 10.1 Å². The van der Waals surface area contributed by atoms with Gasteiger partial charge in [0.25, 0.3) is 5.69 Å². The summed E-state index contributed by atoms with van der Waals surface area (Å²) in [6.07, 6.45) is 3.27. The van der Waals surface area contributed by atoms with Gasteiger partial charge in [0.1, 0.15) is 5.69 Å². The fourth-order valence-corrected chi connectivity index (χ4v) is 1.48. The van der Waals surface area contributed by atoms with Crippen LogP contribution in [0.15, 0.2) is 36.7 Å². The molecule has 0 unspecified atom stereocenters. The molecule has 2 aromatic rings. The molecule has 5 heteroatoms. The summed E-state index contributed by atoms with van der Waals surface area (Å²) >= 11 is 0. The lowest BCUT2D eigenvalue weighted by molar-refractivity contribution is -0.385. The van der Waals surface area contributed by atoms with E-state index in [9.17, 15) is 10.1 Å². The van der Waals surface area contributed by atoms with Crippen LogP contribution in [-0.2, 0) is 0 Å². The standard InChI is InChI=1S/C10H9N3O2/c1-8-4-2-5-9(10(8)13(14)15)12-7-3-6-11-12/h2-7H,1H3. The molecule has 0 aliphatic heterocycles. The minimum Gasteiger partial charge on any atom is -0.258 e. The third-order valence-electron chi connectivity index (χ3n) is 2.15. The van der Waals surface area contributed by atoms with E-state index in [-0.39, 0.29) is 10.6 Å². The zero-order valence-corrected chi connectivity index (χ0v) is 8.12. The summed E-state index contributed by atoms with van der Waals surface area (Å²) in [5.74, 6) is 0. The molecule has 0 atom stereocenters. The molecule has 0 bridgehead atoms. The minimum atomic E-state index is -0.383. The van der Waals surface area contributed by atoms with Crippen molar-refractivity contribution >= 4 is 5.69 Å². The lowest BCUT2D eigenvalue weighted by Gasteiger charge is -2.04. The fourth-order valence-electron chi connectivity index (χ4n) is 1.48. The van der Waals surface area contributed by atoms with E-state index in [1.807, 2.05) is 0 Å². The maximum absolute atomic E-state index is 10.9. The van der Waals surface area contributed by atoms with Crippen LogP contribution < -0.4 is 0 Å². The average molecular weight is 203 g/mol. The minimum absolute atomic E-state index is 0.0983. The summed E-state index contributed by atoms with van der Waals surface area (Å²) in [6, 6.07) is 6.90. The first-order valence-electron chi connectivity index (χ1n) is 4.44. The second-order valence-corrected chi connectivity index (χ2v) is 3.15. The van der Waals surface area contributed by atoms with Gasteiger partial charge in [0.15, 0.2) is 0 Å². The van der Waals surface area contributed by atoms with Gasteiger partial charge in [-0.25, -0.2) is 4.68 Å². The summed E-state index contributed by atoms with van der Waals surface area (Å²) in [6.45, 7) is 1.71. The smallest absolute Gasteiger partial charge is 0.258 e. The Morgan fingerprint density at radius 1 is 1.40 bits per heavy atom. The Bertz CT molecular complexity index is 491. The third kappa shape index (κ3) is 1.59. The van der Waals surface area contributed by atoms with Crippen LogP contribution in [0.1, 0.15) is 5.56 Å². The molecule has 0 aliphatic rings. The molecular formula is C10H9N3O2. The summed E-state index contributed by atoms with van der Waals surface area (Å²) in [7, 11) is 0. The number of para-hydroxylation sites is 1. The molecule has 0 spiro atoms. The molecule has 76 valence electrons. The summed E-state index contributed by atoms with van der Waals surface area (Å²) in [4.78, 5) is 10.5. The Hall–Kier alpha value is -2.17. The maximum atomic E-state index is 10.9. The highest BCUT2D eigenvalue weighted by molar-refractivity contribution is 5.56. The lowest BCUT2D eigenvalue weighted by atomic mass is 10.2. The van der Waals surface area contributed by atoms with Crippen molar-refractivity contribution in [1.82, 2.24) is 9.78 Å². The van der Waals surface area contributed by atoms with Crippen LogP contribution in [0.3, 0.4) is 0 Å². The van der Waals surface area contributed by atoms with Gasteiger partial charge in [-0.2, -0.15) is 5.10 Å². The molecule has 1 heterocycles. The van der Waals surface area contributed by atoms with E-state index in [1.165, 1.54) is 4.68 Å². The van der Waals surface area contributed by atoms with E-state index in [2.05, 4.69) is 5.10 Å². The van der Waals surface area contributed by atoms with E-state index < -0.39 is 0 Å². The predicted molar refractivity (Wildman–Crippen MR) is 55.0 cm³/mol. The summed E-state index contributed by atoms with van der Waals surface area (Å²) in [5, 5.41) is 14.9. The van der Waals surface area contributed by atoms with Crippen molar-refractivity contribution < 1.29 is 4.92 Å². The topological polar surface area (TPSA) is 61.0 Å². The monoisotopic (exact) mass is 203 g/mol. The van der Waals surface area contributed by atoms with Crippen molar-refractivity contribution in [3.63, 3.8) is 0 Å². The van der Waals surface area contributed by atoms with E-state index >= 15 is 0 Å². The first-order valence-corrected chi connectivity index (χ1v) is 4.44. The molecule has 0 amide bonds. The summed E-state index contributed by atoms with van der Waals surface area (Å²) in [5.41, 5.74) is 1.22. The Labute approximate surface area is 86.1 Å². The van der Waals surface area contributed by atoms with Crippen LogP contribution >= 0.6 is 0 Å². The molecule has 15 heavy (non-hydrogen) atoms. The highest BCUT2D eigenvalue weighted by Gasteiger charge is 2.17. The van der Waals surface area contributed by atoms with Gasteiger partial charge >= 0.3 is 0 Å². The molecule has 1 aromatic carbocycles. The summed E-state index contributed by atoms with van der Waals surface area (Å²) < 4.78 is 1.49. The van der Waals surface area contributed by atoms with Crippen molar-refractivity contribution in [2.45, 2.75) is 6.92 Å². The number of aromatic nitrogens is 2. The van der Waals surface area contributed by atoms with Crippen LogP contribution in [0, 0.1) is 17.0 Å². The second-order valence-electron chi connectivity index (χ2n) is 3.15. The number of benzene rings is 1. The van der Waals surface area contributed by atoms with Crippen LogP contribution in [0.5, 0.6) is 0 Å². The average Bonchev–Trinajstić information content (AvgIpc) is 2.69. The predicted octanol–water partition coefficient (Wildman–Crippen LogP) is 2.09. The molecule has 0 radical (unpaired) electrons. The Kier molecular flexibility index (Phi) is 2.21. The molecular weight excluding hydrogens is 194 g/mol. The van der Waals surface area contributed by atoms with Gasteiger partial charge in [0.2, 0.25) is 0 Å². The molecule has 1 aromatic heterocycles. The van der Waals surface area contributed by atoms with Gasteiger partial charge < -0.3 is 0 Å². The van der Waals surface area contributed by atoms with E-state index in [4.69, 9.17) is 0 Å². The van der Waals surface area contributed by atoms with Crippen LogP contribution in [0.25, 0.3) is 5.69 Å².